The number of rotatable bonds is 1. The van der Waals surface area contributed by atoms with Crippen LogP contribution in [-0.2, 0) is 0 Å². The van der Waals surface area contributed by atoms with Crippen LogP contribution in [0.15, 0.2) is 12.5 Å². The lowest BCUT2D eigenvalue weighted by atomic mass is 10.2. The smallest absolute Gasteiger partial charge is 0.146 e. The van der Waals surface area contributed by atoms with E-state index in [-0.39, 0.29) is 6.04 Å². The van der Waals surface area contributed by atoms with Crippen LogP contribution in [0.25, 0.3) is 11.0 Å². The van der Waals surface area contributed by atoms with Crippen molar-refractivity contribution >= 4 is 39.4 Å². The van der Waals surface area contributed by atoms with Crippen LogP contribution in [0.4, 0.5) is 5.82 Å². The SMILES string of the molecule is Nc1ncnc2c1c(I)cn2C1C[C@H](N)[C@@H](O)[C@H]1O. The van der Waals surface area contributed by atoms with Crippen molar-refractivity contribution in [3.05, 3.63) is 16.1 Å². The van der Waals surface area contributed by atoms with Gasteiger partial charge >= 0.3 is 0 Å². The minimum Gasteiger partial charge on any atom is -0.389 e. The van der Waals surface area contributed by atoms with Crippen LogP contribution in [-0.4, -0.2) is 43.0 Å². The molecule has 1 saturated carbocycles. The molecule has 0 saturated heterocycles. The summed E-state index contributed by atoms with van der Waals surface area (Å²) in [5, 5.41) is 20.6. The van der Waals surface area contributed by atoms with Crippen LogP contribution in [0.3, 0.4) is 0 Å². The summed E-state index contributed by atoms with van der Waals surface area (Å²) in [7, 11) is 0. The first-order chi connectivity index (χ1) is 9.00. The zero-order chi connectivity index (χ0) is 13.7. The van der Waals surface area contributed by atoms with Gasteiger partial charge in [0.15, 0.2) is 0 Å². The summed E-state index contributed by atoms with van der Waals surface area (Å²) in [5.41, 5.74) is 12.3. The van der Waals surface area contributed by atoms with E-state index < -0.39 is 18.2 Å². The average Bonchev–Trinajstić information content (AvgIpc) is 2.83. The molecule has 1 aliphatic rings. The zero-order valence-corrected chi connectivity index (χ0v) is 12.1. The second-order valence-electron chi connectivity index (χ2n) is 4.79. The van der Waals surface area contributed by atoms with E-state index in [0.29, 0.717) is 17.9 Å². The van der Waals surface area contributed by atoms with Crippen LogP contribution in [0.2, 0.25) is 0 Å². The average molecular weight is 375 g/mol. The van der Waals surface area contributed by atoms with E-state index in [1.807, 2.05) is 10.8 Å². The number of nitrogen functional groups attached to an aromatic ring is 1. The summed E-state index contributed by atoms with van der Waals surface area (Å²) >= 11 is 2.15. The van der Waals surface area contributed by atoms with Crippen molar-refractivity contribution < 1.29 is 10.2 Å². The number of hydrogen-bond donors (Lipinski definition) is 4. The van der Waals surface area contributed by atoms with E-state index in [9.17, 15) is 10.2 Å². The molecule has 2 aromatic heterocycles. The molecule has 1 unspecified atom stereocenters. The van der Waals surface area contributed by atoms with E-state index in [1.165, 1.54) is 6.33 Å². The maximum Gasteiger partial charge on any atom is 0.146 e. The Hall–Kier alpha value is -0.970. The van der Waals surface area contributed by atoms with Gasteiger partial charge in [0.2, 0.25) is 0 Å². The van der Waals surface area contributed by atoms with Crippen LogP contribution in [0.1, 0.15) is 12.5 Å². The summed E-state index contributed by atoms with van der Waals surface area (Å²) < 4.78 is 2.74. The standard InChI is InChI=1S/C11H14IN5O2/c12-4-2-17(6-1-5(13)8(18)9(6)19)11-7(4)10(14)15-3-16-11/h2-3,5-6,8-9,18-19H,1,13H2,(H2,14,15,16)/t5-,6?,8+,9-/m0/s1. The number of aliphatic hydroxyl groups is 2. The van der Waals surface area contributed by atoms with E-state index in [4.69, 9.17) is 11.5 Å². The number of fused-ring (bicyclic) bond motifs is 1. The molecule has 0 amide bonds. The number of nitrogens with zero attached hydrogens (tertiary/aromatic N) is 3. The fraction of sp³-hybridized carbons (Fsp3) is 0.455. The molecule has 0 radical (unpaired) electrons. The third-order valence-corrected chi connectivity index (χ3v) is 4.46. The van der Waals surface area contributed by atoms with Crippen molar-refractivity contribution in [3.63, 3.8) is 0 Å². The third-order valence-electron chi connectivity index (χ3n) is 3.65. The predicted molar refractivity (Wildman–Crippen MR) is 78.3 cm³/mol. The molecular formula is C11H14IN5O2. The van der Waals surface area contributed by atoms with Crippen LogP contribution < -0.4 is 11.5 Å². The Bertz CT molecular complexity index is 631. The minimum atomic E-state index is -0.917. The summed E-state index contributed by atoms with van der Waals surface area (Å²) in [5.74, 6) is 0.408. The number of aliphatic hydroxyl groups excluding tert-OH is 2. The maximum atomic E-state index is 10.1. The molecule has 8 heteroatoms. The number of hydrogen-bond acceptors (Lipinski definition) is 6. The molecular weight excluding hydrogens is 361 g/mol. The van der Waals surface area contributed by atoms with Crippen molar-refractivity contribution in [2.45, 2.75) is 30.7 Å². The second kappa shape index (κ2) is 4.54. The minimum absolute atomic E-state index is 0.301. The van der Waals surface area contributed by atoms with Gasteiger partial charge in [-0.1, -0.05) is 0 Å². The predicted octanol–water partition coefficient (Wildman–Crippen LogP) is -0.388. The van der Waals surface area contributed by atoms with E-state index in [1.54, 1.807) is 0 Å². The molecule has 2 heterocycles. The van der Waals surface area contributed by atoms with Gasteiger partial charge < -0.3 is 26.2 Å². The lowest BCUT2D eigenvalue weighted by Gasteiger charge is -2.18. The molecule has 1 aliphatic carbocycles. The molecule has 3 rings (SSSR count). The van der Waals surface area contributed by atoms with Gasteiger partial charge in [0.1, 0.15) is 23.9 Å². The molecule has 0 aromatic carbocycles. The molecule has 0 bridgehead atoms. The summed E-state index contributed by atoms with van der Waals surface area (Å²) in [6.45, 7) is 0. The summed E-state index contributed by atoms with van der Waals surface area (Å²) in [6.07, 6.45) is 1.92. The Morgan fingerprint density at radius 1 is 1.32 bits per heavy atom. The van der Waals surface area contributed by atoms with Crippen LogP contribution in [0, 0.1) is 3.57 Å². The molecule has 0 aliphatic heterocycles. The lowest BCUT2D eigenvalue weighted by molar-refractivity contribution is 0.0187. The van der Waals surface area contributed by atoms with Gasteiger partial charge in [-0.05, 0) is 29.0 Å². The summed E-state index contributed by atoms with van der Waals surface area (Å²) in [6, 6.07) is -0.736. The molecule has 19 heavy (non-hydrogen) atoms. The highest BCUT2D eigenvalue weighted by molar-refractivity contribution is 14.1. The van der Waals surface area contributed by atoms with Gasteiger partial charge in [0, 0.05) is 15.8 Å². The van der Waals surface area contributed by atoms with Crippen LogP contribution in [0.5, 0.6) is 0 Å². The van der Waals surface area contributed by atoms with Gasteiger partial charge in [0.05, 0.1) is 17.5 Å². The molecule has 2 aromatic rings. The largest absolute Gasteiger partial charge is 0.389 e. The molecule has 102 valence electrons. The molecule has 7 nitrogen and oxygen atoms in total. The number of aromatic nitrogens is 3. The van der Waals surface area contributed by atoms with E-state index in [2.05, 4.69) is 32.6 Å². The Labute approximate surface area is 122 Å². The van der Waals surface area contributed by atoms with Crippen molar-refractivity contribution in [2.24, 2.45) is 5.73 Å². The topological polar surface area (TPSA) is 123 Å². The van der Waals surface area contributed by atoms with Crippen molar-refractivity contribution in [3.8, 4) is 0 Å². The molecule has 0 spiro atoms. The van der Waals surface area contributed by atoms with Gasteiger partial charge in [-0.3, -0.25) is 0 Å². The first-order valence-electron chi connectivity index (χ1n) is 5.89. The van der Waals surface area contributed by atoms with Gasteiger partial charge in [0.25, 0.3) is 0 Å². The van der Waals surface area contributed by atoms with Crippen molar-refractivity contribution in [1.29, 1.82) is 0 Å². The molecule has 6 N–H and O–H groups in total. The van der Waals surface area contributed by atoms with E-state index >= 15 is 0 Å². The molecule has 1 fully saturated rings. The van der Waals surface area contributed by atoms with Crippen molar-refractivity contribution in [1.82, 2.24) is 14.5 Å². The van der Waals surface area contributed by atoms with Gasteiger partial charge in [-0.2, -0.15) is 0 Å². The number of anilines is 1. The monoisotopic (exact) mass is 375 g/mol. The fourth-order valence-corrected chi connectivity index (χ4v) is 3.45. The maximum absolute atomic E-state index is 10.1. The highest BCUT2D eigenvalue weighted by Gasteiger charge is 2.41. The summed E-state index contributed by atoms with van der Waals surface area (Å²) in [4.78, 5) is 8.19. The zero-order valence-electron chi connectivity index (χ0n) is 9.94. The Kier molecular flexibility index (Phi) is 3.12. The van der Waals surface area contributed by atoms with Gasteiger partial charge in [-0.15, -0.1) is 0 Å². The number of nitrogens with two attached hydrogens (primary N) is 2. The Morgan fingerprint density at radius 2 is 2.05 bits per heavy atom. The molecule has 4 atom stereocenters. The first kappa shape index (κ1) is 13.0. The Morgan fingerprint density at radius 3 is 2.68 bits per heavy atom. The fourth-order valence-electron chi connectivity index (χ4n) is 2.63. The lowest BCUT2D eigenvalue weighted by Crippen LogP contribution is -2.35. The Balaban J connectivity index is 2.14. The van der Waals surface area contributed by atoms with Crippen LogP contribution >= 0.6 is 22.6 Å². The van der Waals surface area contributed by atoms with E-state index in [0.717, 1.165) is 8.96 Å². The number of halogens is 1. The normalized spacial score (nSPS) is 31.2. The first-order valence-corrected chi connectivity index (χ1v) is 6.96. The quantitative estimate of drug-likeness (QED) is 0.504. The van der Waals surface area contributed by atoms with Gasteiger partial charge in [-0.25, -0.2) is 9.97 Å². The highest BCUT2D eigenvalue weighted by atomic mass is 127. The second-order valence-corrected chi connectivity index (χ2v) is 5.95. The van der Waals surface area contributed by atoms with Crippen molar-refractivity contribution in [2.75, 3.05) is 5.73 Å². The highest BCUT2D eigenvalue weighted by Crippen LogP contribution is 2.35. The third kappa shape index (κ3) is 1.90.